The van der Waals surface area contributed by atoms with E-state index in [0.717, 1.165) is 18.4 Å². The summed E-state index contributed by atoms with van der Waals surface area (Å²) in [5, 5.41) is 2.45. The van der Waals surface area contributed by atoms with E-state index in [1.165, 1.54) is 16.3 Å². The fourth-order valence-electron chi connectivity index (χ4n) is 4.15. The molecule has 2 aromatic rings. The lowest BCUT2D eigenvalue weighted by molar-refractivity contribution is -0.123. The van der Waals surface area contributed by atoms with Gasteiger partial charge < -0.3 is 0 Å². The number of fused-ring (bicyclic) bond motifs is 5. The summed E-state index contributed by atoms with van der Waals surface area (Å²) in [6, 6.07) is 12.5. The van der Waals surface area contributed by atoms with Crippen molar-refractivity contribution in [2.45, 2.75) is 31.6 Å². The van der Waals surface area contributed by atoms with Gasteiger partial charge in [0.1, 0.15) is 5.78 Å². The fraction of sp³-hybridized carbons (Fsp3) is 0.333. The summed E-state index contributed by atoms with van der Waals surface area (Å²) in [7, 11) is 0. The molecule has 0 aliphatic heterocycles. The van der Waals surface area contributed by atoms with Crippen LogP contribution in [-0.4, -0.2) is 11.6 Å². The second-order valence-corrected chi connectivity index (χ2v) is 6.17. The predicted octanol–water partition coefficient (Wildman–Crippen LogP) is 3.20. The molecule has 2 aromatic carbocycles. The number of carbonyl (C=O) groups is 2. The van der Waals surface area contributed by atoms with Crippen LogP contribution in [0.15, 0.2) is 36.4 Å². The molecular formula is C18H16O2. The first kappa shape index (κ1) is 11.8. The second kappa shape index (κ2) is 3.78. The Labute approximate surface area is 117 Å². The summed E-state index contributed by atoms with van der Waals surface area (Å²) in [5.41, 5.74) is 1.77. The van der Waals surface area contributed by atoms with E-state index in [4.69, 9.17) is 0 Å². The quantitative estimate of drug-likeness (QED) is 0.685. The Morgan fingerprint density at radius 1 is 1.10 bits per heavy atom. The number of carbonyl (C=O) groups excluding carboxylic acids is 2. The van der Waals surface area contributed by atoms with Gasteiger partial charge in [-0.1, -0.05) is 36.4 Å². The van der Waals surface area contributed by atoms with Crippen molar-refractivity contribution in [2.24, 2.45) is 5.92 Å². The summed E-state index contributed by atoms with van der Waals surface area (Å²) >= 11 is 0. The number of rotatable bonds is 0. The third kappa shape index (κ3) is 1.29. The normalized spacial score (nSPS) is 28.6. The van der Waals surface area contributed by atoms with Gasteiger partial charge in [0.2, 0.25) is 0 Å². The van der Waals surface area contributed by atoms with E-state index in [1.54, 1.807) is 0 Å². The van der Waals surface area contributed by atoms with Crippen LogP contribution in [0.5, 0.6) is 0 Å². The molecule has 0 unspecified atom stereocenters. The minimum Gasteiger partial charge on any atom is -0.299 e. The van der Waals surface area contributed by atoms with Gasteiger partial charge in [-0.15, -0.1) is 0 Å². The number of benzene rings is 2. The van der Waals surface area contributed by atoms with Crippen LogP contribution in [0.3, 0.4) is 0 Å². The van der Waals surface area contributed by atoms with Gasteiger partial charge in [0.25, 0.3) is 0 Å². The molecule has 0 radical (unpaired) electrons. The number of hydrogen-bond acceptors (Lipinski definition) is 2. The average molecular weight is 264 g/mol. The first-order chi connectivity index (χ1) is 9.62. The molecule has 2 atom stereocenters. The van der Waals surface area contributed by atoms with E-state index in [2.05, 4.69) is 24.3 Å². The van der Waals surface area contributed by atoms with Crippen molar-refractivity contribution in [3.8, 4) is 0 Å². The molecule has 0 amide bonds. The maximum atomic E-state index is 12.4. The maximum Gasteiger partial charge on any atom is 0.151 e. The SMILES string of the molecule is C[C@@]12C(=O)CC(=O)[C@@H]1CCc1c2ccc2ccccc12. The van der Waals surface area contributed by atoms with E-state index < -0.39 is 5.41 Å². The zero-order chi connectivity index (χ0) is 13.9. The second-order valence-electron chi connectivity index (χ2n) is 6.17. The van der Waals surface area contributed by atoms with Crippen molar-refractivity contribution in [2.75, 3.05) is 0 Å². The highest BCUT2D eigenvalue weighted by molar-refractivity contribution is 6.14. The zero-order valence-electron chi connectivity index (χ0n) is 11.5. The van der Waals surface area contributed by atoms with Gasteiger partial charge >= 0.3 is 0 Å². The van der Waals surface area contributed by atoms with Gasteiger partial charge in [0.05, 0.1) is 11.8 Å². The highest BCUT2D eigenvalue weighted by Gasteiger charge is 2.54. The third-order valence-corrected chi connectivity index (χ3v) is 5.28. The molecule has 2 aliphatic rings. The standard InChI is InChI=1S/C18H16O2/c1-18-14-8-6-11-4-2-3-5-12(11)13(14)7-9-15(18)16(19)10-17(18)20/h2-6,8,15H,7,9-10H2,1H3/t15-,18-/m0/s1. The van der Waals surface area contributed by atoms with Crippen LogP contribution < -0.4 is 0 Å². The molecule has 2 nitrogen and oxygen atoms in total. The van der Waals surface area contributed by atoms with Crippen molar-refractivity contribution in [3.63, 3.8) is 0 Å². The van der Waals surface area contributed by atoms with Crippen LogP contribution in [0.2, 0.25) is 0 Å². The third-order valence-electron chi connectivity index (χ3n) is 5.28. The molecule has 0 bridgehead atoms. The molecule has 0 N–H and O–H groups in total. The summed E-state index contributed by atoms with van der Waals surface area (Å²) < 4.78 is 0. The molecular weight excluding hydrogens is 248 g/mol. The number of ketones is 2. The Bertz CT molecular complexity index is 759. The van der Waals surface area contributed by atoms with Gasteiger partial charge in [-0.05, 0) is 41.7 Å². The predicted molar refractivity (Wildman–Crippen MR) is 77.7 cm³/mol. The molecule has 4 rings (SSSR count). The lowest BCUT2D eigenvalue weighted by Crippen LogP contribution is -2.39. The van der Waals surface area contributed by atoms with Crippen molar-refractivity contribution in [3.05, 3.63) is 47.5 Å². The van der Waals surface area contributed by atoms with Crippen LogP contribution in [0.4, 0.5) is 0 Å². The largest absolute Gasteiger partial charge is 0.299 e. The molecule has 0 aromatic heterocycles. The van der Waals surface area contributed by atoms with E-state index in [9.17, 15) is 9.59 Å². The van der Waals surface area contributed by atoms with Gasteiger partial charge in [-0.25, -0.2) is 0 Å². The summed E-state index contributed by atoms with van der Waals surface area (Å²) in [5.74, 6) is 0.128. The van der Waals surface area contributed by atoms with E-state index in [-0.39, 0.29) is 23.9 Å². The first-order valence-electron chi connectivity index (χ1n) is 7.19. The van der Waals surface area contributed by atoms with Crippen LogP contribution in [0, 0.1) is 5.92 Å². The van der Waals surface area contributed by atoms with Gasteiger partial charge in [0, 0.05) is 5.92 Å². The highest BCUT2D eigenvalue weighted by Crippen LogP contribution is 2.49. The minimum atomic E-state index is -0.589. The van der Waals surface area contributed by atoms with Crippen LogP contribution in [-0.2, 0) is 21.4 Å². The molecule has 1 fully saturated rings. The summed E-state index contributed by atoms with van der Waals surface area (Å²) in [6.07, 6.45) is 1.82. The Morgan fingerprint density at radius 2 is 1.90 bits per heavy atom. The molecule has 2 heteroatoms. The summed E-state index contributed by atoms with van der Waals surface area (Å²) in [6.45, 7) is 1.97. The van der Waals surface area contributed by atoms with Crippen molar-refractivity contribution < 1.29 is 9.59 Å². The monoisotopic (exact) mass is 264 g/mol. The lowest BCUT2D eigenvalue weighted by atomic mass is 9.65. The summed E-state index contributed by atoms with van der Waals surface area (Å²) in [4.78, 5) is 24.5. The Balaban J connectivity index is 2.04. The average Bonchev–Trinajstić information content (AvgIpc) is 2.69. The van der Waals surface area contributed by atoms with Crippen LogP contribution in [0.1, 0.15) is 30.9 Å². The Hall–Kier alpha value is -1.96. The van der Waals surface area contributed by atoms with Crippen molar-refractivity contribution in [1.82, 2.24) is 0 Å². The Kier molecular flexibility index (Phi) is 2.24. The van der Waals surface area contributed by atoms with Gasteiger partial charge in [-0.3, -0.25) is 9.59 Å². The van der Waals surface area contributed by atoms with Gasteiger partial charge in [0.15, 0.2) is 5.78 Å². The van der Waals surface area contributed by atoms with E-state index in [1.807, 2.05) is 19.1 Å². The molecule has 0 heterocycles. The van der Waals surface area contributed by atoms with Crippen LogP contribution >= 0.6 is 0 Å². The molecule has 100 valence electrons. The van der Waals surface area contributed by atoms with Crippen molar-refractivity contribution in [1.29, 1.82) is 0 Å². The van der Waals surface area contributed by atoms with E-state index >= 15 is 0 Å². The molecule has 20 heavy (non-hydrogen) atoms. The molecule has 0 saturated heterocycles. The zero-order valence-corrected chi connectivity index (χ0v) is 11.5. The fourth-order valence-corrected chi connectivity index (χ4v) is 4.15. The highest BCUT2D eigenvalue weighted by atomic mass is 16.2. The van der Waals surface area contributed by atoms with Crippen molar-refractivity contribution >= 4 is 22.3 Å². The van der Waals surface area contributed by atoms with Crippen LogP contribution in [0.25, 0.3) is 10.8 Å². The first-order valence-corrected chi connectivity index (χ1v) is 7.19. The number of aryl methyl sites for hydroxylation is 1. The molecule has 0 spiro atoms. The number of Topliss-reactive ketones (excluding diaryl/α,β-unsaturated/α-hetero) is 2. The topological polar surface area (TPSA) is 34.1 Å². The minimum absolute atomic E-state index is 0.101. The van der Waals surface area contributed by atoms with E-state index in [0.29, 0.717) is 0 Å². The lowest BCUT2D eigenvalue weighted by Gasteiger charge is -2.36. The molecule has 2 aliphatic carbocycles. The smallest absolute Gasteiger partial charge is 0.151 e. The van der Waals surface area contributed by atoms with Gasteiger partial charge in [-0.2, -0.15) is 0 Å². The Morgan fingerprint density at radius 3 is 2.75 bits per heavy atom. The number of hydrogen-bond donors (Lipinski definition) is 0. The molecule has 1 saturated carbocycles. The maximum absolute atomic E-state index is 12.4.